The van der Waals surface area contributed by atoms with E-state index in [9.17, 15) is 18.4 Å². The summed E-state index contributed by atoms with van der Waals surface area (Å²) in [7, 11) is 0. The number of carbonyl (C=O) groups excluding carboxylic acids is 2. The van der Waals surface area contributed by atoms with Gasteiger partial charge < -0.3 is 31.2 Å². The van der Waals surface area contributed by atoms with Crippen LogP contribution < -0.4 is 21.7 Å². The number of nitrogens with two attached hydrogens (primary N) is 2. The third-order valence-electron chi connectivity index (χ3n) is 7.54. The first-order valence-electron chi connectivity index (χ1n) is 13.7. The van der Waals surface area contributed by atoms with Crippen molar-refractivity contribution < 1.29 is 23.1 Å². The van der Waals surface area contributed by atoms with E-state index in [-0.39, 0.29) is 24.2 Å². The van der Waals surface area contributed by atoms with Gasteiger partial charge in [0.15, 0.2) is 0 Å². The highest BCUT2D eigenvalue weighted by Crippen LogP contribution is 2.30. The summed E-state index contributed by atoms with van der Waals surface area (Å²) in [6.07, 6.45) is 3.64. The number of amidine groups is 1. The third kappa shape index (κ3) is 6.89. The number of hydrogen-bond acceptors (Lipinski definition) is 6. The van der Waals surface area contributed by atoms with Crippen molar-refractivity contribution in [2.45, 2.75) is 31.7 Å². The summed E-state index contributed by atoms with van der Waals surface area (Å²) in [4.78, 5) is 31.1. The van der Waals surface area contributed by atoms with Crippen LogP contribution in [-0.2, 0) is 16.0 Å². The number of rotatable bonds is 8. The summed E-state index contributed by atoms with van der Waals surface area (Å²) in [6, 6.07) is 14.0. The van der Waals surface area contributed by atoms with Gasteiger partial charge in [-0.2, -0.15) is 4.99 Å². The van der Waals surface area contributed by atoms with Crippen LogP contribution in [0.2, 0.25) is 0 Å². The molecule has 0 radical (unpaired) electrons. The van der Waals surface area contributed by atoms with Crippen LogP contribution in [0.4, 0.5) is 25.8 Å². The van der Waals surface area contributed by atoms with Crippen LogP contribution in [-0.4, -0.2) is 50.4 Å². The summed E-state index contributed by atoms with van der Waals surface area (Å²) in [5.41, 5.74) is 16.2. The average Bonchev–Trinajstić information content (AvgIpc) is 3.43. The molecule has 0 aromatic heterocycles. The molecule has 1 unspecified atom stereocenters. The Labute approximate surface area is 237 Å². The second kappa shape index (κ2) is 12.5. The van der Waals surface area contributed by atoms with Crippen LogP contribution in [0.1, 0.15) is 46.3 Å². The average molecular weight is 562 g/mol. The van der Waals surface area contributed by atoms with Crippen molar-refractivity contribution in [1.82, 2.24) is 0 Å². The number of aldehydes is 1. The lowest BCUT2D eigenvalue weighted by molar-refractivity contribution is -0.110. The summed E-state index contributed by atoms with van der Waals surface area (Å²) >= 11 is 0. The van der Waals surface area contributed by atoms with Crippen molar-refractivity contribution in [3.63, 3.8) is 0 Å². The highest BCUT2D eigenvalue weighted by Gasteiger charge is 2.24. The van der Waals surface area contributed by atoms with Gasteiger partial charge in [-0.05, 0) is 79.3 Å². The first kappa shape index (κ1) is 28.2. The zero-order valence-electron chi connectivity index (χ0n) is 22.6. The Morgan fingerprint density at radius 2 is 1.76 bits per heavy atom. The molecule has 0 spiro atoms. The van der Waals surface area contributed by atoms with Gasteiger partial charge >= 0.3 is 0 Å². The summed E-state index contributed by atoms with van der Waals surface area (Å²) in [5, 5.41) is 3.50. The molecular weight excluding hydrogens is 528 g/mol. The lowest BCUT2D eigenvalue weighted by atomic mass is 10.0. The van der Waals surface area contributed by atoms with Crippen LogP contribution in [0.15, 0.2) is 59.6 Å². The van der Waals surface area contributed by atoms with E-state index in [0.717, 1.165) is 43.8 Å². The first-order chi connectivity index (χ1) is 19.8. The third-order valence-corrected chi connectivity index (χ3v) is 7.54. The minimum absolute atomic E-state index is 0.00577. The lowest BCUT2D eigenvalue weighted by Crippen LogP contribution is -2.29. The fourth-order valence-electron chi connectivity index (χ4n) is 5.34. The number of carbonyl (C=O) groups is 2. The predicted octanol–water partition coefficient (Wildman–Crippen LogP) is 4.30. The largest absolute Gasteiger partial charge is 0.398 e. The first-order valence-corrected chi connectivity index (χ1v) is 13.7. The van der Waals surface area contributed by atoms with Gasteiger partial charge in [-0.3, -0.25) is 4.79 Å². The Morgan fingerprint density at radius 1 is 1.00 bits per heavy atom. The van der Waals surface area contributed by atoms with Gasteiger partial charge in [-0.15, -0.1) is 0 Å². The number of halogens is 2. The maximum absolute atomic E-state index is 13.7. The minimum atomic E-state index is -0.660. The van der Waals surface area contributed by atoms with Crippen molar-refractivity contribution in [2.75, 3.05) is 42.3 Å². The van der Waals surface area contributed by atoms with Gasteiger partial charge in [0.25, 0.3) is 5.91 Å². The fraction of sp³-hybridized carbons (Fsp3) is 0.323. The second-order valence-corrected chi connectivity index (χ2v) is 10.6. The van der Waals surface area contributed by atoms with Gasteiger partial charge in [-0.1, -0.05) is 6.07 Å². The Bertz CT molecular complexity index is 1450. The molecule has 1 amide bonds. The number of nitrogens with one attached hydrogen (secondary N) is 1. The Morgan fingerprint density at radius 3 is 2.46 bits per heavy atom. The molecule has 0 bridgehead atoms. The number of anilines is 3. The molecule has 2 heterocycles. The fourth-order valence-corrected chi connectivity index (χ4v) is 5.34. The van der Waals surface area contributed by atoms with Gasteiger partial charge in [-0.25, -0.2) is 8.78 Å². The Hall–Kier alpha value is -4.31. The number of hydrogen-bond donors (Lipinski definition) is 3. The number of amides is 1. The molecule has 2 aliphatic rings. The van der Waals surface area contributed by atoms with Crippen LogP contribution in [0.5, 0.6) is 0 Å². The monoisotopic (exact) mass is 561 g/mol. The number of aliphatic imine (C=N–C) groups is 1. The molecule has 0 aliphatic carbocycles. The summed E-state index contributed by atoms with van der Waals surface area (Å²) in [6.45, 7) is 2.67. The van der Waals surface area contributed by atoms with Crippen molar-refractivity contribution in [2.24, 2.45) is 16.6 Å². The van der Waals surface area contributed by atoms with Crippen LogP contribution in [0.3, 0.4) is 0 Å². The Balaban J connectivity index is 1.41. The molecule has 5 N–H and O–H groups in total. The van der Waals surface area contributed by atoms with E-state index >= 15 is 0 Å². The normalized spacial score (nSPS) is 18.0. The molecule has 1 atom stereocenters. The SMILES string of the molecule is NC(=NC(=O)c1ccc(N2CCC(C=O)C2)cc1NC1CCOCC1)c1cc(Cc2cc(F)cc(F)c2)ccc1N. The number of benzene rings is 3. The summed E-state index contributed by atoms with van der Waals surface area (Å²) < 4.78 is 32.8. The van der Waals surface area contributed by atoms with Crippen LogP contribution in [0, 0.1) is 17.6 Å². The topological polar surface area (TPSA) is 123 Å². The predicted molar refractivity (Wildman–Crippen MR) is 155 cm³/mol. The van der Waals surface area contributed by atoms with E-state index < -0.39 is 17.5 Å². The van der Waals surface area contributed by atoms with Gasteiger partial charge in [0.1, 0.15) is 23.8 Å². The van der Waals surface area contributed by atoms with Gasteiger partial charge in [0.2, 0.25) is 0 Å². The smallest absolute Gasteiger partial charge is 0.281 e. The van der Waals surface area contributed by atoms with Crippen molar-refractivity contribution >= 4 is 35.1 Å². The molecule has 214 valence electrons. The number of nitrogen functional groups attached to an aromatic ring is 1. The van der Waals surface area contributed by atoms with Gasteiger partial charge in [0, 0.05) is 67.0 Å². The van der Waals surface area contributed by atoms with E-state index in [1.165, 1.54) is 12.1 Å². The molecule has 10 heteroatoms. The zero-order chi connectivity index (χ0) is 28.9. The number of nitrogens with zero attached hydrogens (tertiary/aromatic N) is 2. The van der Waals surface area contributed by atoms with Crippen LogP contribution >= 0.6 is 0 Å². The molecule has 5 rings (SSSR count). The zero-order valence-corrected chi connectivity index (χ0v) is 22.6. The summed E-state index contributed by atoms with van der Waals surface area (Å²) in [5.74, 6) is -1.92. The maximum atomic E-state index is 13.7. The molecular formula is C31H33F2N5O3. The molecule has 8 nitrogen and oxygen atoms in total. The van der Waals surface area contributed by atoms with E-state index in [1.54, 1.807) is 24.3 Å². The molecule has 41 heavy (non-hydrogen) atoms. The Kier molecular flexibility index (Phi) is 8.58. The number of ether oxygens (including phenoxy) is 1. The highest BCUT2D eigenvalue weighted by molar-refractivity contribution is 6.12. The van der Waals surface area contributed by atoms with Crippen molar-refractivity contribution in [1.29, 1.82) is 0 Å². The molecule has 3 aromatic rings. The quantitative estimate of drug-likeness (QED) is 0.162. The minimum Gasteiger partial charge on any atom is -0.398 e. The lowest BCUT2D eigenvalue weighted by Gasteiger charge is -2.26. The van der Waals surface area contributed by atoms with E-state index in [1.807, 2.05) is 12.1 Å². The maximum Gasteiger partial charge on any atom is 0.281 e. The van der Waals surface area contributed by atoms with Crippen molar-refractivity contribution in [3.05, 3.63) is 88.5 Å². The standard InChI is InChI=1S/C31H33F2N5O3/c32-22-12-21(13-23(33)15-22)11-19-1-4-28(34)27(14-19)30(35)37-31(40)26-3-2-25(38-8-5-20(17-38)18-39)16-29(26)36-24-6-9-41-10-7-24/h1-4,12-16,18,20,24,36H,5-11,17,34H2,(H2,35,37,40). The van der Waals surface area contributed by atoms with E-state index in [2.05, 4.69) is 15.2 Å². The molecule has 0 saturated carbocycles. The van der Waals surface area contributed by atoms with E-state index in [0.29, 0.717) is 53.4 Å². The van der Waals surface area contributed by atoms with E-state index in [4.69, 9.17) is 16.2 Å². The van der Waals surface area contributed by atoms with Gasteiger partial charge in [0.05, 0.1) is 5.56 Å². The van der Waals surface area contributed by atoms with Crippen molar-refractivity contribution in [3.8, 4) is 0 Å². The highest BCUT2D eigenvalue weighted by atomic mass is 19.1. The molecule has 3 aromatic carbocycles. The molecule has 2 aliphatic heterocycles. The molecule has 2 fully saturated rings. The van der Waals surface area contributed by atoms with Crippen LogP contribution in [0.25, 0.3) is 0 Å². The second-order valence-electron chi connectivity index (χ2n) is 10.6. The molecule has 2 saturated heterocycles.